The Morgan fingerprint density at radius 1 is 1.32 bits per heavy atom. The minimum atomic E-state index is -0.950. The number of ether oxygens (including phenoxy) is 2. The molecule has 0 saturated heterocycles. The number of nitrogens with one attached hydrogen (secondary N) is 1. The molecule has 0 radical (unpaired) electrons. The van der Waals surface area contributed by atoms with Gasteiger partial charge in [0.1, 0.15) is 4.88 Å². The summed E-state index contributed by atoms with van der Waals surface area (Å²) in [5.74, 6) is -1.07. The lowest BCUT2D eigenvalue weighted by Gasteiger charge is -2.04. The third-order valence-corrected chi connectivity index (χ3v) is 3.31. The summed E-state index contributed by atoms with van der Waals surface area (Å²) < 4.78 is 9.98. The molecular formula is C12H17NO5S. The summed E-state index contributed by atoms with van der Waals surface area (Å²) in [5, 5.41) is 11.5. The standard InChI is InChI=1S/C12H17NO5S/c1-17-6-7-18-5-4-11(14)13-8-9-2-3-10(19-9)12(15)16/h2-3H,4-8H2,1H3,(H,13,14)(H,15,16). The molecule has 19 heavy (non-hydrogen) atoms. The van der Waals surface area contributed by atoms with Crippen LogP contribution in [0, 0.1) is 0 Å². The molecule has 0 aromatic carbocycles. The van der Waals surface area contributed by atoms with Gasteiger partial charge in [-0.2, -0.15) is 0 Å². The molecule has 1 aromatic heterocycles. The minimum Gasteiger partial charge on any atom is -0.477 e. The lowest BCUT2D eigenvalue weighted by molar-refractivity contribution is -0.122. The van der Waals surface area contributed by atoms with Gasteiger partial charge >= 0.3 is 5.97 Å². The molecule has 6 nitrogen and oxygen atoms in total. The summed E-state index contributed by atoms with van der Waals surface area (Å²) in [6.07, 6.45) is 0.279. The van der Waals surface area contributed by atoms with E-state index in [9.17, 15) is 9.59 Å². The fourth-order valence-corrected chi connectivity index (χ4v) is 2.06. The van der Waals surface area contributed by atoms with Crippen LogP contribution >= 0.6 is 11.3 Å². The zero-order valence-electron chi connectivity index (χ0n) is 10.7. The smallest absolute Gasteiger partial charge is 0.345 e. The SMILES string of the molecule is COCCOCCC(=O)NCc1ccc(C(=O)O)s1. The average molecular weight is 287 g/mol. The van der Waals surface area contributed by atoms with Crippen molar-refractivity contribution in [2.45, 2.75) is 13.0 Å². The monoisotopic (exact) mass is 287 g/mol. The highest BCUT2D eigenvalue weighted by molar-refractivity contribution is 7.13. The van der Waals surface area contributed by atoms with E-state index in [4.69, 9.17) is 14.6 Å². The molecule has 1 amide bonds. The summed E-state index contributed by atoms with van der Waals surface area (Å²) in [7, 11) is 1.59. The van der Waals surface area contributed by atoms with Gasteiger partial charge in [-0.3, -0.25) is 4.79 Å². The van der Waals surface area contributed by atoms with E-state index < -0.39 is 5.97 Å². The number of rotatable bonds is 9. The van der Waals surface area contributed by atoms with Crippen LogP contribution in [0.2, 0.25) is 0 Å². The number of carboxylic acid groups (broad SMARTS) is 1. The second kappa shape index (κ2) is 8.63. The Balaban J connectivity index is 2.17. The Hall–Kier alpha value is -1.44. The first-order chi connectivity index (χ1) is 9.13. The molecule has 0 spiro atoms. The van der Waals surface area contributed by atoms with Gasteiger partial charge < -0.3 is 19.9 Å². The predicted octanol–water partition coefficient (Wildman–Crippen LogP) is 1.12. The average Bonchev–Trinajstić information content (AvgIpc) is 2.85. The first kappa shape index (κ1) is 15.6. The van der Waals surface area contributed by atoms with Gasteiger partial charge in [-0.15, -0.1) is 11.3 Å². The van der Waals surface area contributed by atoms with Gasteiger partial charge in [-0.1, -0.05) is 0 Å². The molecule has 0 aliphatic carbocycles. The Bertz CT molecular complexity index is 418. The van der Waals surface area contributed by atoms with Crippen molar-refractivity contribution < 1.29 is 24.2 Å². The van der Waals surface area contributed by atoms with Crippen molar-refractivity contribution in [3.8, 4) is 0 Å². The van der Waals surface area contributed by atoms with Crippen LogP contribution in [0.25, 0.3) is 0 Å². The highest BCUT2D eigenvalue weighted by Crippen LogP contribution is 2.15. The Morgan fingerprint density at radius 3 is 2.74 bits per heavy atom. The van der Waals surface area contributed by atoms with E-state index in [1.165, 1.54) is 6.07 Å². The maximum atomic E-state index is 11.5. The van der Waals surface area contributed by atoms with Crippen molar-refractivity contribution in [1.29, 1.82) is 0 Å². The predicted molar refractivity (Wildman–Crippen MR) is 70.4 cm³/mol. The van der Waals surface area contributed by atoms with E-state index in [1.807, 2.05) is 0 Å². The van der Waals surface area contributed by atoms with Crippen molar-refractivity contribution in [2.75, 3.05) is 26.9 Å². The van der Waals surface area contributed by atoms with Gasteiger partial charge in [0.15, 0.2) is 0 Å². The van der Waals surface area contributed by atoms with E-state index >= 15 is 0 Å². The van der Waals surface area contributed by atoms with Crippen LogP contribution in [-0.4, -0.2) is 43.9 Å². The van der Waals surface area contributed by atoms with Gasteiger partial charge in [0, 0.05) is 18.4 Å². The number of carbonyl (C=O) groups is 2. The molecule has 0 aliphatic rings. The topological polar surface area (TPSA) is 84.9 Å². The van der Waals surface area contributed by atoms with Crippen molar-refractivity contribution in [3.05, 3.63) is 21.9 Å². The zero-order valence-corrected chi connectivity index (χ0v) is 11.5. The fraction of sp³-hybridized carbons (Fsp3) is 0.500. The van der Waals surface area contributed by atoms with Crippen LogP contribution in [0.3, 0.4) is 0 Å². The molecule has 2 N–H and O–H groups in total. The lowest BCUT2D eigenvalue weighted by Crippen LogP contribution is -2.23. The van der Waals surface area contributed by atoms with Gasteiger partial charge in [0.05, 0.1) is 26.4 Å². The molecule has 1 aromatic rings. The number of amides is 1. The largest absolute Gasteiger partial charge is 0.477 e. The number of methoxy groups -OCH3 is 1. The van der Waals surface area contributed by atoms with E-state index in [0.717, 1.165) is 16.2 Å². The highest BCUT2D eigenvalue weighted by Gasteiger charge is 2.07. The third kappa shape index (κ3) is 6.32. The Labute approximate surface area is 115 Å². The van der Waals surface area contributed by atoms with Crippen LogP contribution < -0.4 is 5.32 Å². The van der Waals surface area contributed by atoms with Crippen LogP contribution in [0.1, 0.15) is 21.0 Å². The molecule has 0 fully saturated rings. The van der Waals surface area contributed by atoms with Crippen molar-refractivity contribution >= 4 is 23.2 Å². The molecule has 1 heterocycles. The molecular weight excluding hydrogens is 270 g/mol. The molecule has 7 heteroatoms. The summed E-state index contributed by atoms with van der Waals surface area (Å²) in [4.78, 5) is 23.2. The Kier molecular flexibility index (Phi) is 7.09. The van der Waals surface area contributed by atoms with E-state index in [1.54, 1.807) is 13.2 Å². The number of hydrogen-bond donors (Lipinski definition) is 2. The molecule has 0 aliphatic heterocycles. The number of thiophene rings is 1. The van der Waals surface area contributed by atoms with Crippen LogP contribution in [0.15, 0.2) is 12.1 Å². The molecule has 0 atom stereocenters. The highest BCUT2D eigenvalue weighted by atomic mass is 32.1. The molecule has 0 unspecified atom stereocenters. The first-order valence-corrected chi connectivity index (χ1v) is 6.60. The van der Waals surface area contributed by atoms with E-state index in [2.05, 4.69) is 5.32 Å². The van der Waals surface area contributed by atoms with Gasteiger partial charge in [-0.05, 0) is 12.1 Å². The maximum absolute atomic E-state index is 11.5. The number of aromatic carboxylic acids is 1. The van der Waals surface area contributed by atoms with Crippen molar-refractivity contribution in [2.24, 2.45) is 0 Å². The van der Waals surface area contributed by atoms with Crippen molar-refractivity contribution in [3.63, 3.8) is 0 Å². The minimum absolute atomic E-state index is 0.123. The summed E-state index contributed by atoms with van der Waals surface area (Å²) in [6, 6.07) is 3.23. The fourth-order valence-electron chi connectivity index (χ4n) is 1.27. The van der Waals surface area contributed by atoms with Gasteiger partial charge in [0.2, 0.25) is 5.91 Å². The summed E-state index contributed by atoms with van der Waals surface area (Å²) >= 11 is 1.16. The number of carbonyl (C=O) groups excluding carboxylic acids is 1. The van der Waals surface area contributed by atoms with Gasteiger partial charge in [-0.25, -0.2) is 4.79 Å². The number of hydrogen-bond acceptors (Lipinski definition) is 5. The molecule has 0 saturated carbocycles. The number of carboxylic acids is 1. The van der Waals surface area contributed by atoms with Crippen LogP contribution in [-0.2, 0) is 20.8 Å². The van der Waals surface area contributed by atoms with Crippen LogP contribution in [0.5, 0.6) is 0 Å². The second-order valence-electron chi connectivity index (χ2n) is 3.70. The molecule has 1 rings (SSSR count). The normalized spacial score (nSPS) is 10.4. The van der Waals surface area contributed by atoms with Crippen molar-refractivity contribution in [1.82, 2.24) is 5.32 Å². The second-order valence-corrected chi connectivity index (χ2v) is 4.87. The lowest BCUT2D eigenvalue weighted by atomic mass is 10.4. The Morgan fingerprint density at radius 2 is 2.11 bits per heavy atom. The quantitative estimate of drug-likeness (QED) is 0.665. The maximum Gasteiger partial charge on any atom is 0.345 e. The van der Waals surface area contributed by atoms with E-state index in [-0.39, 0.29) is 17.2 Å². The van der Waals surface area contributed by atoms with Crippen LogP contribution in [0.4, 0.5) is 0 Å². The van der Waals surface area contributed by atoms with E-state index in [0.29, 0.717) is 26.4 Å². The zero-order chi connectivity index (χ0) is 14.1. The first-order valence-electron chi connectivity index (χ1n) is 5.79. The summed E-state index contributed by atoms with van der Waals surface area (Å²) in [5.41, 5.74) is 0. The molecule has 106 valence electrons. The van der Waals surface area contributed by atoms with Gasteiger partial charge in [0.25, 0.3) is 0 Å². The summed E-state index contributed by atoms with van der Waals surface area (Å²) in [6.45, 7) is 1.67. The third-order valence-electron chi connectivity index (χ3n) is 2.24. The molecule has 0 bridgehead atoms.